The minimum Gasteiger partial charge on any atom is -0.496 e. The molecule has 1 saturated heterocycles. The molecular weight excluding hydrogens is 724 g/mol. The third-order valence-electron chi connectivity index (χ3n) is 8.88. The predicted molar refractivity (Wildman–Crippen MR) is 204 cm³/mol. The van der Waals surface area contributed by atoms with E-state index in [0.29, 0.717) is 47.9 Å². The molecule has 0 radical (unpaired) electrons. The van der Waals surface area contributed by atoms with Gasteiger partial charge in [0.25, 0.3) is 11.8 Å². The first-order valence-electron chi connectivity index (χ1n) is 18.0. The van der Waals surface area contributed by atoms with Crippen LogP contribution in [0.3, 0.4) is 0 Å². The number of ether oxygens (including phenoxy) is 4. The zero-order chi connectivity index (χ0) is 40.5. The lowest BCUT2D eigenvalue weighted by atomic mass is 9.94. The summed E-state index contributed by atoms with van der Waals surface area (Å²) in [5, 5.41) is 18.9. The average molecular weight is 769 g/mol. The number of amidine groups is 1. The highest BCUT2D eigenvalue weighted by Gasteiger charge is 2.28. The Morgan fingerprint density at radius 3 is 2.34 bits per heavy atom. The van der Waals surface area contributed by atoms with Crippen molar-refractivity contribution in [2.24, 2.45) is 11.8 Å². The number of aromatic nitrogens is 1. The fourth-order valence-corrected chi connectivity index (χ4v) is 5.59. The summed E-state index contributed by atoms with van der Waals surface area (Å²) in [6.45, 7) is 8.90. The number of anilines is 1. The Morgan fingerprint density at radius 1 is 0.982 bits per heavy atom. The van der Waals surface area contributed by atoms with Gasteiger partial charge < -0.3 is 34.9 Å². The average Bonchev–Trinajstić information content (AvgIpc) is 3.92. The number of hydrogen-bond donors (Lipinski definition) is 5. The highest BCUT2D eigenvalue weighted by Crippen LogP contribution is 2.35. The maximum Gasteiger partial charge on any atom is 0.412 e. The van der Waals surface area contributed by atoms with Crippen molar-refractivity contribution >= 4 is 53.4 Å². The molecule has 1 aliphatic carbocycles. The van der Waals surface area contributed by atoms with E-state index in [0.717, 1.165) is 12.8 Å². The van der Waals surface area contributed by atoms with Crippen LogP contribution in [0.5, 0.6) is 5.75 Å². The summed E-state index contributed by atoms with van der Waals surface area (Å²) in [6.07, 6.45) is 2.28. The van der Waals surface area contributed by atoms with Crippen molar-refractivity contribution in [3.8, 4) is 16.9 Å². The van der Waals surface area contributed by atoms with E-state index in [2.05, 4.69) is 32.8 Å². The quantitative estimate of drug-likeness (QED) is 0.0610. The second-order valence-electron chi connectivity index (χ2n) is 13.6. The Kier molecular flexibility index (Phi) is 13.2. The molecule has 5 N–H and O–H groups in total. The molecular formula is C40H44N6O10. The number of pyridine rings is 1. The Labute approximate surface area is 323 Å². The molecule has 5 rings (SSSR count). The molecule has 2 aromatic carbocycles. The van der Waals surface area contributed by atoms with Gasteiger partial charge in [0.15, 0.2) is 5.69 Å². The summed E-state index contributed by atoms with van der Waals surface area (Å²) < 4.78 is 21.4. The van der Waals surface area contributed by atoms with E-state index >= 15 is 0 Å². The van der Waals surface area contributed by atoms with Gasteiger partial charge in [0, 0.05) is 53.4 Å². The SMILES string of the molecule is C=Cc1cc(C(=O)Nc2ccc(C(=N)NC(=O)OCC3CCC(=O)N3)cc2)c(-c2ccc(C(=O)NCC3CC3)nc2C(=O)OC(C)OC(=O)C(C)C)cc1OC. The number of rotatable bonds is 15. The lowest BCUT2D eigenvalue weighted by Crippen LogP contribution is -2.36. The molecule has 16 nitrogen and oxygen atoms in total. The van der Waals surface area contributed by atoms with Gasteiger partial charge in [0.05, 0.1) is 19.1 Å². The van der Waals surface area contributed by atoms with Crippen LogP contribution < -0.4 is 26.0 Å². The van der Waals surface area contributed by atoms with E-state index in [-0.39, 0.29) is 52.5 Å². The van der Waals surface area contributed by atoms with Crippen LogP contribution in [0.25, 0.3) is 17.2 Å². The lowest BCUT2D eigenvalue weighted by molar-refractivity contribution is -0.169. The monoisotopic (exact) mass is 768 g/mol. The summed E-state index contributed by atoms with van der Waals surface area (Å²) in [4.78, 5) is 81.0. The van der Waals surface area contributed by atoms with Crippen LogP contribution >= 0.6 is 0 Å². The fraction of sp³-hybridized carbons (Fsp3) is 0.350. The largest absolute Gasteiger partial charge is 0.496 e. The van der Waals surface area contributed by atoms with Gasteiger partial charge in [-0.2, -0.15) is 0 Å². The molecule has 4 amide bonds. The van der Waals surface area contributed by atoms with Crippen LogP contribution in [-0.2, 0) is 23.8 Å². The first-order chi connectivity index (χ1) is 26.8. The molecule has 56 heavy (non-hydrogen) atoms. The van der Waals surface area contributed by atoms with Gasteiger partial charge >= 0.3 is 18.0 Å². The maximum absolute atomic E-state index is 14.0. The topological polar surface area (TPSA) is 224 Å². The van der Waals surface area contributed by atoms with E-state index in [1.807, 2.05) is 0 Å². The van der Waals surface area contributed by atoms with Crippen molar-refractivity contribution in [2.75, 3.05) is 25.6 Å². The second-order valence-corrected chi connectivity index (χ2v) is 13.6. The fourth-order valence-electron chi connectivity index (χ4n) is 5.59. The van der Waals surface area contributed by atoms with Crippen LogP contribution in [0, 0.1) is 17.2 Å². The molecule has 294 valence electrons. The molecule has 2 unspecified atom stereocenters. The molecule has 1 saturated carbocycles. The van der Waals surface area contributed by atoms with E-state index in [9.17, 15) is 28.8 Å². The van der Waals surface area contributed by atoms with Crippen LogP contribution in [0.4, 0.5) is 10.5 Å². The highest BCUT2D eigenvalue weighted by molar-refractivity contribution is 6.11. The van der Waals surface area contributed by atoms with Crippen LogP contribution in [0.15, 0.2) is 55.1 Å². The maximum atomic E-state index is 14.0. The molecule has 2 aliphatic rings. The van der Waals surface area contributed by atoms with Crippen molar-refractivity contribution < 1.29 is 47.7 Å². The number of nitrogens with zero attached hydrogens (tertiary/aromatic N) is 1. The molecule has 0 bridgehead atoms. The van der Waals surface area contributed by atoms with E-state index in [1.54, 1.807) is 13.8 Å². The van der Waals surface area contributed by atoms with Gasteiger partial charge in [-0.15, -0.1) is 0 Å². The van der Waals surface area contributed by atoms with E-state index < -0.39 is 42.1 Å². The van der Waals surface area contributed by atoms with Gasteiger partial charge in [0.2, 0.25) is 12.2 Å². The number of carbonyl (C=O) groups is 6. The normalized spacial score (nSPS) is 15.2. The summed E-state index contributed by atoms with van der Waals surface area (Å²) in [5.41, 5.74) is 1.10. The van der Waals surface area contributed by atoms with Gasteiger partial charge in [0.1, 0.15) is 23.9 Å². The van der Waals surface area contributed by atoms with Crippen molar-refractivity contribution in [1.82, 2.24) is 20.9 Å². The summed E-state index contributed by atoms with van der Waals surface area (Å²) in [7, 11) is 1.43. The minimum absolute atomic E-state index is 0.0256. The number of hydrogen-bond acceptors (Lipinski definition) is 12. The van der Waals surface area contributed by atoms with Gasteiger partial charge in [-0.25, -0.2) is 14.6 Å². The number of carbonyl (C=O) groups excluding carboxylic acids is 6. The van der Waals surface area contributed by atoms with Gasteiger partial charge in [-0.1, -0.05) is 26.5 Å². The van der Waals surface area contributed by atoms with Gasteiger partial charge in [-0.05, 0) is 73.7 Å². The molecule has 16 heteroatoms. The second kappa shape index (κ2) is 18.2. The van der Waals surface area contributed by atoms with Crippen molar-refractivity contribution in [2.45, 2.75) is 58.8 Å². The van der Waals surface area contributed by atoms with E-state index in [4.69, 9.17) is 24.4 Å². The Hall–Kier alpha value is -6.58. The zero-order valence-electron chi connectivity index (χ0n) is 31.5. The molecule has 0 spiro atoms. The standard InChI is InChI=1S/C40H44N6O10/c1-6-24-17-30(36(48)44-26-11-9-25(10-12-26)35(41)46-40(52)54-20-27-13-16-33(47)43-27)29(18-32(24)53-5)28-14-15-31(37(49)42-19-23-7-8-23)45-34(28)39(51)56-22(4)55-38(50)21(2)3/h6,9-12,14-15,17-18,21-23,27H,1,7-8,13,16,19-20H2,2-5H3,(H,42,49)(H,43,47)(H,44,48)(H2,41,46,52). The van der Waals surface area contributed by atoms with Crippen molar-refractivity contribution in [1.29, 1.82) is 5.41 Å². The van der Waals surface area contributed by atoms with Crippen molar-refractivity contribution in [3.63, 3.8) is 0 Å². The number of nitrogens with one attached hydrogen (secondary N) is 5. The van der Waals surface area contributed by atoms with Crippen molar-refractivity contribution in [3.05, 3.63) is 83.2 Å². The highest BCUT2D eigenvalue weighted by atomic mass is 16.7. The number of amides is 4. The first-order valence-corrected chi connectivity index (χ1v) is 18.0. The molecule has 2 heterocycles. The zero-order valence-corrected chi connectivity index (χ0v) is 31.5. The van der Waals surface area contributed by atoms with Gasteiger partial charge in [-0.3, -0.25) is 29.9 Å². The third kappa shape index (κ3) is 10.5. The van der Waals surface area contributed by atoms with E-state index in [1.165, 1.54) is 68.6 Å². The Morgan fingerprint density at radius 2 is 1.71 bits per heavy atom. The summed E-state index contributed by atoms with van der Waals surface area (Å²) in [5.74, 6) is -2.86. The minimum atomic E-state index is -1.30. The number of benzene rings is 2. The molecule has 2 atom stereocenters. The van der Waals surface area contributed by atoms with Crippen LogP contribution in [0.1, 0.15) is 88.9 Å². The first kappa shape index (κ1) is 40.6. The number of esters is 2. The molecule has 3 aromatic rings. The smallest absolute Gasteiger partial charge is 0.412 e. The summed E-state index contributed by atoms with van der Waals surface area (Å²) in [6, 6.07) is 11.8. The Balaban J connectivity index is 1.41. The predicted octanol–water partition coefficient (Wildman–Crippen LogP) is 4.82. The van der Waals surface area contributed by atoms with Crippen LogP contribution in [0.2, 0.25) is 0 Å². The Bertz CT molecular complexity index is 2040. The van der Waals surface area contributed by atoms with Crippen LogP contribution in [-0.4, -0.2) is 79.2 Å². The molecule has 2 fully saturated rings. The summed E-state index contributed by atoms with van der Waals surface area (Å²) >= 11 is 0. The third-order valence-corrected chi connectivity index (χ3v) is 8.88. The molecule has 1 aliphatic heterocycles. The lowest BCUT2D eigenvalue weighted by Gasteiger charge is -2.19. The number of methoxy groups -OCH3 is 1. The number of alkyl carbamates (subject to hydrolysis) is 1. The molecule has 1 aromatic heterocycles.